The Hall–Kier alpha value is -1.63. The highest BCUT2D eigenvalue weighted by molar-refractivity contribution is 5.06. The number of aryl methyl sites for hydroxylation is 2. The van der Waals surface area contributed by atoms with Crippen molar-refractivity contribution in [3.8, 4) is 0 Å². The molecule has 6 heteroatoms. The average Bonchev–Trinajstić information content (AvgIpc) is 3.11. The molecule has 0 unspecified atom stereocenters. The quantitative estimate of drug-likeness (QED) is 0.848. The molecule has 2 aromatic heterocycles. The average molecular weight is 318 g/mol. The second-order valence-electron chi connectivity index (χ2n) is 6.38. The van der Waals surface area contributed by atoms with Gasteiger partial charge in [-0.3, -0.25) is 9.80 Å². The minimum absolute atomic E-state index is 0.218. The number of imidazole rings is 1. The van der Waals surface area contributed by atoms with Crippen molar-refractivity contribution in [1.82, 2.24) is 19.8 Å². The van der Waals surface area contributed by atoms with Crippen LogP contribution in [0.2, 0.25) is 0 Å². The second-order valence-corrected chi connectivity index (χ2v) is 6.38. The number of rotatable bonds is 6. The third-order valence-corrected chi connectivity index (χ3v) is 4.46. The number of aromatic amines is 1. The molecule has 0 bridgehead atoms. The summed E-state index contributed by atoms with van der Waals surface area (Å²) in [4.78, 5) is 12.4. The van der Waals surface area contributed by atoms with Gasteiger partial charge in [0, 0.05) is 50.7 Å². The van der Waals surface area contributed by atoms with Gasteiger partial charge in [-0.15, -0.1) is 0 Å². The van der Waals surface area contributed by atoms with Crippen molar-refractivity contribution in [2.24, 2.45) is 0 Å². The third kappa shape index (κ3) is 4.22. The Balaban J connectivity index is 1.60. The highest BCUT2D eigenvalue weighted by atomic mass is 16.3. The topological polar surface area (TPSA) is 68.5 Å². The molecule has 1 aliphatic heterocycles. The molecular formula is C17H26N4O2. The Morgan fingerprint density at radius 2 is 2.17 bits per heavy atom. The van der Waals surface area contributed by atoms with Crippen molar-refractivity contribution >= 4 is 0 Å². The second kappa shape index (κ2) is 7.29. The van der Waals surface area contributed by atoms with Crippen LogP contribution in [-0.2, 0) is 13.1 Å². The van der Waals surface area contributed by atoms with E-state index in [-0.39, 0.29) is 6.61 Å². The van der Waals surface area contributed by atoms with E-state index in [9.17, 15) is 5.11 Å². The number of nitrogens with zero attached hydrogens (tertiary/aromatic N) is 3. The molecule has 23 heavy (non-hydrogen) atoms. The molecule has 1 fully saturated rings. The number of aromatic nitrogens is 2. The van der Waals surface area contributed by atoms with E-state index in [4.69, 9.17) is 4.42 Å². The normalized spacial score (nSPS) is 20.2. The molecule has 0 amide bonds. The Labute approximate surface area is 137 Å². The van der Waals surface area contributed by atoms with Gasteiger partial charge in [-0.25, -0.2) is 4.98 Å². The summed E-state index contributed by atoms with van der Waals surface area (Å²) in [5.74, 6) is 2.91. The van der Waals surface area contributed by atoms with Crippen molar-refractivity contribution in [2.75, 3.05) is 26.2 Å². The molecule has 1 aliphatic rings. The van der Waals surface area contributed by atoms with E-state index < -0.39 is 0 Å². The molecule has 2 aromatic rings. The number of furan rings is 1. The Morgan fingerprint density at radius 1 is 1.30 bits per heavy atom. The van der Waals surface area contributed by atoms with E-state index in [0.717, 1.165) is 62.2 Å². The standard InChI is InChI=1S/C17H26N4O2/c1-13-3-4-17(23-13)12-21-7-6-20(11-16(21)5-8-22)10-15-9-18-14(2)19-15/h3-4,9,16,22H,5-8,10-12H2,1-2H3,(H,18,19)/t16-/m1/s1. The summed E-state index contributed by atoms with van der Waals surface area (Å²) in [7, 11) is 0. The maximum absolute atomic E-state index is 9.40. The molecule has 0 aliphatic carbocycles. The molecule has 1 atom stereocenters. The molecule has 2 N–H and O–H groups in total. The van der Waals surface area contributed by atoms with Crippen molar-refractivity contribution < 1.29 is 9.52 Å². The lowest BCUT2D eigenvalue weighted by Crippen LogP contribution is -2.52. The van der Waals surface area contributed by atoms with Gasteiger partial charge < -0.3 is 14.5 Å². The molecule has 0 radical (unpaired) electrons. The van der Waals surface area contributed by atoms with Gasteiger partial charge in [-0.05, 0) is 32.4 Å². The fourth-order valence-corrected chi connectivity index (χ4v) is 3.30. The smallest absolute Gasteiger partial charge is 0.118 e. The van der Waals surface area contributed by atoms with Crippen molar-refractivity contribution in [1.29, 1.82) is 0 Å². The summed E-state index contributed by atoms with van der Waals surface area (Å²) >= 11 is 0. The van der Waals surface area contributed by atoms with Crippen LogP contribution in [0.5, 0.6) is 0 Å². The number of hydrogen-bond acceptors (Lipinski definition) is 5. The first-order chi connectivity index (χ1) is 11.1. The maximum atomic E-state index is 9.40. The first-order valence-corrected chi connectivity index (χ1v) is 8.27. The van der Waals surface area contributed by atoms with Gasteiger partial charge in [-0.2, -0.15) is 0 Å². The van der Waals surface area contributed by atoms with E-state index in [1.165, 1.54) is 0 Å². The minimum Gasteiger partial charge on any atom is -0.465 e. The fraction of sp³-hybridized carbons (Fsp3) is 0.588. The minimum atomic E-state index is 0.218. The summed E-state index contributed by atoms with van der Waals surface area (Å²) in [6, 6.07) is 4.40. The first kappa shape index (κ1) is 16.2. The SMILES string of the molecule is Cc1ncc(CN2CCN(Cc3ccc(C)o3)[C@H](CCO)C2)[nH]1. The van der Waals surface area contributed by atoms with E-state index in [0.29, 0.717) is 6.04 Å². The van der Waals surface area contributed by atoms with Crippen molar-refractivity contribution in [2.45, 2.75) is 39.4 Å². The highest BCUT2D eigenvalue weighted by Crippen LogP contribution is 2.19. The summed E-state index contributed by atoms with van der Waals surface area (Å²) in [5.41, 5.74) is 1.15. The fourth-order valence-electron chi connectivity index (χ4n) is 3.30. The van der Waals surface area contributed by atoms with Gasteiger partial charge in [-0.1, -0.05) is 0 Å². The van der Waals surface area contributed by atoms with Crippen LogP contribution in [0.4, 0.5) is 0 Å². The molecule has 0 spiro atoms. The van der Waals surface area contributed by atoms with Gasteiger partial charge in [0.25, 0.3) is 0 Å². The molecule has 6 nitrogen and oxygen atoms in total. The third-order valence-electron chi connectivity index (χ3n) is 4.46. The number of aliphatic hydroxyl groups is 1. The lowest BCUT2D eigenvalue weighted by molar-refractivity contribution is 0.0449. The zero-order valence-corrected chi connectivity index (χ0v) is 14.0. The van der Waals surface area contributed by atoms with Gasteiger partial charge in [0.05, 0.1) is 6.54 Å². The van der Waals surface area contributed by atoms with Gasteiger partial charge in [0.15, 0.2) is 0 Å². The zero-order valence-electron chi connectivity index (χ0n) is 14.0. The number of piperazine rings is 1. The van der Waals surface area contributed by atoms with Crippen molar-refractivity contribution in [3.63, 3.8) is 0 Å². The van der Waals surface area contributed by atoms with Crippen LogP contribution >= 0.6 is 0 Å². The van der Waals surface area contributed by atoms with E-state index in [2.05, 4.69) is 19.8 Å². The number of hydrogen-bond donors (Lipinski definition) is 2. The largest absolute Gasteiger partial charge is 0.465 e. The van der Waals surface area contributed by atoms with Crippen LogP contribution in [0.1, 0.15) is 29.5 Å². The molecule has 3 heterocycles. The predicted molar refractivity (Wildman–Crippen MR) is 87.9 cm³/mol. The van der Waals surface area contributed by atoms with Crippen LogP contribution in [-0.4, -0.2) is 57.2 Å². The lowest BCUT2D eigenvalue weighted by Gasteiger charge is -2.40. The molecule has 126 valence electrons. The number of H-pyrrole nitrogens is 1. The van der Waals surface area contributed by atoms with Crippen LogP contribution in [0.15, 0.2) is 22.7 Å². The molecule has 0 aromatic carbocycles. The lowest BCUT2D eigenvalue weighted by atomic mass is 10.1. The monoisotopic (exact) mass is 318 g/mol. The van der Waals surface area contributed by atoms with Crippen LogP contribution in [0, 0.1) is 13.8 Å². The maximum Gasteiger partial charge on any atom is 0.118 e. The summed E-state index contributed by atoms with van der Waals surface area (Å²) in [5, 5.41) is 9.40. The van der Waals surface area contributed by atoms with Gasteiger partial charge in [0.1, 0.15) is 17.3 Å². The number of nitrogens with one attached hydrogen (secondary N) is 1. The Bertz CT molecular complexity index is 622. The van der Waals surface area contributed by atoms with Crippen LogP contribution in [0.25, 0.3) is 0 Å². The van der Waals surface area contributed by atoms with Crippen LogP contribution < -0.4 is 0 Å². The molecule has 0 saturated carbocycles. The van der Waals surface area contributed by atoms with E-state index >= 15 is 0 Å². The highest BCUT2D eigenvalue weighted by Gasteiger charge is 2.27. The van der Waals surface area contributed by atoms with Gasteiger partial charge >= 0.3 is 0 Å². The van der Waals surface area contributed by atoms with Crippen LogP contribution in [0.3, 0.4) is 0 Å². The first-order valence-electron chi connectivity index (χ1n) is 8.27. The summed E-state index contributed by atoms with van der Waals surface area (Å²) in [6.07, 6.45) is 2.70. The van der Waals surface area contributed by atoms with E-state index in [1.807, 2.05) is 32.2 Å². The van der Waals surface area contributed by atoms with Crippen molar-refractivity contribution in [3.05, 3.63) is 41.4 Å². The predicted octanol–water partition coefficient (Wildman–Crippen LogP) is 1.69. The molecular weight excluding hydrogens is 292 g/mol. The van der Waals surface area contributed by atoms with Gasteiger partial charge in [0.2, 0.25) is 0 Å². The summed E-state index contributed by atoms with van der Waals surface area (Å²) in [6.45, 7) is 8.82. The summed E-state index contributed by atoms with van der Waals surface area (Å²) < 4.78 is 5.71. The zero-order chi connectivity index (χ0) is 16.2. The Kier molecular flexibility index (Phi) is 5.15. The molecule has 3 rings (SSSR count). The Morgan fingerprint density at radius 3 is 2.83 bits per heavy atom. The number of aliphatic hydroxyl groups excluding tert-OH is 1. The molecule has 1 saturated heterocycles. The van der Waals surface area contributed by atoms with E-state index in [1.54, 1.807) is 0 Å².